The Balaban J connectivity index is 1.53. The average molecular weight is 313 g/mol. The van der Waals surface area contributed by atoms with Crippen molar-refractivity contribution in [3.63, 3.8) is 0 Å². The van der Waals surface area contributed by atoms with Gasteiger partial charge in [-0.15, -0.1) is 0 Å². The summed E-state index contributed by atoms with van der Waals surface area (Å²) in [5.74, 6) is 0.207. The molecule has 0 aliphatic heterocycles. The number of rotatable bonds is 5. The van der Waals surface area contributed by atoms with Gasteiger partial charge in [-0.3, -0.25) is 4.79 Å². The minimum atomic E-state index is -0.0553. The molecule has 0 saturated carbocycles. The number of fused-ring (bicyclic) bond motifs is 1. The SMILES string of the molecule is Cc1ccc2oc(SCC(=O)NCc3ccccc3)nc2n1. The standard InChI is InChI=1S/C16H15N3O2S/c1-11-7-8-13-15(18-11)19-16(21-13)22-10-14(20)17-9-12-5-3-2-4-6-12/h2-8H,9-10H2,1H3,(H,17,20). The summed E-state index contributed by atoms with van der Waals surface area (Å²) in [5, 5.41) is 3.33. The van der Waals surface area contributed by atoms with E-state index < -0.39 is 0 Å². The molecule has 0 spiro atoms. The summed E-state index contributed by atoms with van der Waals surface area (Å²) in [6, 6.07) is 13.5. The predicted molar refractivity (Wildman–Crippen MR) is 85.6 cm³/mol. The zero-order valence-electron chi connectivity index (χ0n) is 12.1. The minimum Gasteiger partial charge on any atom is -0.430 e. The number of amides is 1. The molecule has 5 nitrogen and oxygen atoms in total. The van der Waals surface area contributed by atoms with Crippen LogP contribution in [0.5, 0.6) is 0 Å². The maximum Gasteiger partial charge on any atom is 0.258 e. The molecule has 22 heavy (non-hydrogen) atoms. The second-order valence-corrected chi connectivity index (χ2v) is 5.73. The van der Waals surface area contributed by atoms with Gasteiger partial charge in [0.25, 0.3) is 5.22 Å². The Bertz CT molecular complexity index is 786. The van der Waals surface area contributed by atoms with E-state index in [1.54, 1.807) is 0 Å². The van der Waals surface area contributed by atoms with Gasteiger partial charge in [-0.25, -0.2) is 4.98 Å². The maximum atomic E-state index is 11.8. The molecule has 0 aliphatic rings. The molecule has 3 aromatic rings. The summed E-state index contributed by atoms with van der Waals surface area (Å²) in [4.78, 5) is 20.4. The minimum absolute atomic E-state index is 0.0553. The molecule has 0 radical (unpaired) electrons. The first kappa shape index (κ1) is 14.6. The van der Waals surface area contributed by atoms with E-state index in [9.17, 15) is 4.79 Å². The molecule has 1 amide bonds. The van der Waals surface area contributed by atoms with Gasteiger partial charge in [0.15, 0.2) is 11.2 Å². The molecule has 0 atom stereocenters. The first-order valence-electron chi connectivity index (χ1n) is 6.88. The van der Waals surface area contributed by atoms with Gasteiger partial charge < -0.3 is 9.73 Å². The molecule has 2 heterocycles. The molecule has 1 aromatic carbocycles. The largest absolute Gasteiger partial charge is 0.430 e. The second-order valence-electron chi connectivity index (χ2n) is 4.81. The zero-order chi connectivity index (χ0) is 15.4. The van der Waals surface area contributed by atoms with E-state index in [0.717, 1.165) is 11.3 Å². The highest BCUT2D eigenvalue weighted by atomic mass is 32.2. The van der Waals surface area contributed by atoms with Gasteiger partial charge in [-0.2, -0.15) is 4.98 Å². The number of oxazole rings is 1. The highest BCUT2D eigenvalue weighted by Gasteiger charge is 2.10. The third-order valence-corrected chi connectivity index (χ3v) is 3.86. The lowest BCUT2D eigenvalue weighted by Crippen LogP contribution is -2.24. The van der Waals surface area contributed by atoms with E-state index in [2.05, 4.69) is 15.3 Å². The molecular formula is C16H15N3O2S. The third kappa shape index (κ3) is 3.65. The van der Waals surface area contributed by atoms with E-state index in [1.807, 2.05) is 49.4 Å². The molecule has 0 aliphatic carbocycles. The van der Waals surface area contributed by atoms with Crippen LogP contribution in [0.4, 0.5) is 0 Å². The Hall–Kier alpha value is -2.34. The smallest absolute Gasteiger partial charge is 0.258 e. The Morgan fingerprint density at radius 2 is 2.00 bits per heavy atom. The number of aromatic nitrogens is 2. The molecule has 0 saturated heterocycles. The number of carbonyl (C=O) groups is 1. The van der Waals surface area contributed by atoms with Gasteiger partial charge >= 0.3 is 0 Å². The molecule has 2 aromatic heterocycles. The Morgan fingerprint density at radius 1 is 1.18 bits per heavy atom. The summed E-state index contributed by atoms with van der Waals surface area (Å²) < 4.78 is 5.55. The predicted octanol–water partition coefficient (Wildman–Crippen LogP) is 2.94. The Kier molecular flexibility index (Phi) is 4.39. The normalized spacial score (nSPS) is 10.8. The van der Waals surface area contributed by atoms with Gasteiger partial charge in [-0.1, -0.05) is 42.1 Å². The van der Waals surface area contributed by atoms with Gasteiger partial charge in [-0.05, 0) is 24.6 Å². The fourth-order valence-electron chi connectivity index (χ4n) is 1.93. The van der Waals surface area contributed by atoms with E-state index in [1.165, 1.54) is 11.8 Å². The number of benzene rings is 1. The van der Waals surface area contributed by atoms with Crippen LogP contribution in [0, 0.1) is 6.92 Å². The molecule has 0 unspecified atom stereocenters. The highest BCUT2D eigenvalue weighted by Crippen LogP contribution is 2.22. The first-order valence-corrected chi connectivity index (χ1v) is 7.87. The number of nitrogens with one attached hydrogen (secondary N) is 1. The topological polar surface area (TPSA) is 68.0 Å². The van der Waals surface area contributed by atoms with Crippen molar-refractivity contribution in [3.05, 3.63) is 53.7 Å². The lowest BCUT2D eigenvalue weighted by atomic mass is 10.2. The van der Waals surface area contributed by atoms with Crippen molar-refractivity contribution < 1.29 is 9.21 Å². The summed E-state index contributed by atoms with van der Waals surface area (Å²) in [6.45, 7) is 2.42. The number of hydrogen-bond acceptors (Lipinski definition) is 5. The summed E-state index contributed by atoms with van der Waals surface area (Å²) >= 11 is 1.27. The van der Waals surface area contributed by atoms with Crippen molar-refractivity contribution in [2.75, 3.05) is 5.75 Å². The van der Waals surface area contributed by atoms with E-state index >= 15 is 0 Å². The second kappa shape index (κ2) is 6.62. The first-order chi connectivity index (χ1) is 10.7. The maximum absolute atomic E-state index is 11.8. The number of carbonyl (C=O) groups excluding carboxylic acids is 1. The molecule has 6 heteroatoms. The quantitative estimate of drug-likeness (QED) is 0.734. The van der Waals surface area contributed by atoms with Gasteiger partial charge in [0, 0.05) is 12.2 Å². The summed E-state index contributed by atoms with van der Waals surface area (Å²) in [7, 11) is 0. The van der Waals surface area contributed by atoms with Crippen molar-refractivity contribution >= 4 is 28.9 Å². The van der Waals surface area contributed by atoms with E-state index in [0.29, 0.717) is 23.0 Å². The average Bonchev–Trinajstić information content (AvgIpc) is 2.94. The van der Waals surface area contributed by atoms with Crippen LogP contribution < -0.4 is 5.32 Å². The van der Waals surface area contributed by atoms with E-state index in [-0.39, 0.29) is 11.7 Å². The Labute approximate surface area is 132 Å². The van der Waals surface area contributed by atoms with Crippen LogP contribution in [0.3, 0.4) is 0 Å². The van der Waals surface area contributed by atoms with Crippen LogP contribution in [0.15, 0.2) is 52.1 Å². The number of thioether (sulfide) groups is 1. The molecule has 112 valence electrons. The molecule has 3 rings (SSSR count). The van der Waals surface area contributed by atoms with Crippen LogP contribution in [0.25, 0.3) is 11.2 Å². The number of nitrogens with zero attached hydrogens (tertiary/aromatic N) is 2. The van der Waals surface area contributed by atoms with Crippen molar-refractivity contribution in [1.82, 2.24) is 15.3 Å². The monoisotopic (exact) mass is 313 g/mol. The molecule has 0 bridgehead atoms. The molecule has 0 fully saturated rings. The van der Waals surface area contributed by atoms with Crippen LogP contribution in [-0.2, 0) is 11.3 Å². The van der Waals surface area contributed by atoms with Gasteiger partial charge in [0.2, 0.25) is 5.91 Å². The van der Waals surface area contributed by atoms with Gasteiger partial charge in [0.05, 0.1) is 5.75 Å². The lowest BCUT2D eigenvalue weighted by molar-refractivity contribution is -0.118. The highest BCUT2D eigenvalue weighted by molar-refractivity contribution is 7.99. The summed E-state index contributed by atoms with van der Waals surface area (Å²) in [6.07, 6.45) is 0. The fourth-order valence-corrected chi connectivity index (χ4v) is 2.59. The van der Waals surface area contributed by atoms with Gasteiger partial charge in [0.1, 0.15) is 0 Å². The number of hydrogen-bond donors (Lipinski definition) is 1. The van der Waals surface area contributed by atoms with Crippen molar-refractivity contribution in [3.8, 4) is 0 Å². The van der Waals surface area contributed by atoms with Crippen LogP contribution >= 0.6 is 11.8 Å². The van der Waals surface area contributed by atoms with Crippen LogP contribution in [0.2, 0.25) is 0 Å². The number of pyridine rings is 1. The Morgan fingerprint density at radius 3 is 2.82 bits per heavy atom. The van der Waals surface area contributed by atoms with Crippen molar-refractivity contribution in [2.45, 2.75) is 18.7 Å². The number of aryl methyl sites for hydroxylation is 1. The zero-order valence-corrected chi connectivity index (χ0v) is 12.9. The van der Waals surface area contributed by atoms with E-state index in [4.69, 9.17) is 4.42 Å². The van der Waals surface area contributed by atoms with Crippen LogP contribution in [-0.4, -0.2) is 21.6 Å². The van der Waals surface area contributed by atoms with Crippen molar-refractivity contribution in [1.29, 1.82) is 0 Å². The molecule has 1 N–H and O–H groups in total. The van der Waals surface area contributed by atoms with Crippen molar-refractivity contribution in [2.24, 2.45) is 0 Å². The molecular weight excluding hydrogens is 298 g/mol. The van der Waals surface area contributed by atoms with Crippen LogP contribution in [0.1, 0.15) is 11.3 Å². The lowest BCUT2D eigenvalue weighted by Gasteiger charge is -2.03. The fraction of sp³-hybridized carbons (Fsp3) is 0.188. The third-order valence-electron chi connectivity index (χ3n) is 3.03. The summed E-state index contributed by atoms with van der Waals surface area (Å²) in [5.41, 5.74) is 3.17.